The number of nitrogens with zero attached hydrogens (tertiary/aromatic N) is 2. The SMILES string of the molecule is Cc1c(-c2ccc(-c3c(-c4ccccc4)sc4c3C(C)(C)c3ccccc3-4)cc2)nc(-c2ccc3c(c2)oc2ccccc23)nc1-c1ccc2c(c1)oc1ccccc12. The van der Waals surface area contributed by atoms with Crippen molar-refractivity contribution < 1.29 is 8.83 Å². The molecule has 0 aliphatic heterocycles. The van der Waals surface area contributed by atoms with Crippen molar-refractivity contribution in [2.75, 3.05) is 0 Å². The van der Waals surface area contributed by atoms with Crippen molar-refractivity contribution in [3.8, 4) is 65.9 Å². The van der Waals surface area contributed by atoms with Crippen LogP contribution in [0.2, 0.25) is 0 Å². The molecule has 0 spiro atoms. The van der Waals surface area contributed by atoms with Crippen molar-refractivity contribution in [2.24, 2.45) is 0 Å². The van der Waals surface area contributed by atoms with Gasteiger partial charge in [-0.05, 0) is 71.1 Å². The summed E-state index contributed by atoms with van der Waals surface area (Å²) < 4.78 is 12.7. The van der Waals surface area contributed by atoms with Crippen LogP contribution in [-0.4, -0.2) is 9.97 Å². The van der Waals surface area contributed by atoms with Gasteiger partial charge in [-0.25, -0.2) is 9.97 Å². The van der Waals surface area contributed by atoms with Crippen LogP contribution in [0.3, 0.4) is 0 Å². The minimum Gasteiger partial charge on any atom is -0.456 e. The third-order valence-electron chi connectivity index (χ3n) is 12.3. The monoisotopic (exact) mass is 776 g/mol. The molecule has 0 fully saturated rings. The van der Waals surface area contributed by atoms with Crippen LogP contribution in [0.25, 0.3) is 110 Å². The van der Waals surface area contributed by atoms with E-state index in [1.165, 1.54) is 43.1 Å². The summed E-state index contributed by atoms with van der Waals surface area (Å²) in [5, 5.41) is 4.36. The van der Waals surface area contributed by atoms with Crippen molar-refractivity contribution in [1.82, 2.24) is 9.97 Å². The number of rotatable bonds is 5. The van der Waals surface area contributed by atoms with Crippen molar-refractivity contribution in [2.45, 2.75) is 26.2 Å². The Morgan fingerprint density at radius 1 is 0.458 bits per heavy atom. The maximum Gasteiger partial charge on any atom is 0.160 e. The second kappa shape index (κ2) is 12.7. The van der Waals surface area contributed by atoms with Crippen LogP contribution in [0.15, 0.2) is 173 Å². The molecule has 1 aliphatic rings. The van der Waals surface area contributed by atoms with Crippen LogP contribution < -0.4 is 0 Å². The van der Waals surface area contributed by atoms with Gasteiger partial charge in [-0.3, -0.25) is 0 Å². The van der Waals surface area contributed by atoms with E-state index < -0.39 is 0 Å². The van der Waals surface area contributed by atoms with E-state index in [4.69, 9.17) is 18.8 Å². The minimum absolute atomic E-state index is 0.140. The normalized spacial score (nSPS) is 13.1. The fraction of sp³-hybridized carbons (Fsp3) is 0.0741. The first-order valence-electron chi connectivity index (χ1n) is 20.1. The third kappa shape index (κ3) is 5.14. The predicted molar refractivity (Wildman–Crippen MR) is 244 cm³/mol. The maximum absolute atomic E-state index is 6.36. The summed E-state index contributed by atoms with van der Waals surface area (Å²) >= 11 is 1.91. The van der Waals surface area contributed by atoms with Crippen LogP contribution >= 0.6 is 11.3 Å². The van der Waals surface area contributed by atoms with Gasteiger partial charge in [-0.15, -0.1) is 11.3 Å². The molecule has 0 unspecified atom stereocenters. The molecule has 0 atom stereocenters. The molecule has 12 rings (SSSR count). The maximum atomic E-state index is 6.36. The molecule has 4 nitrogen and oxygen atoms in total. The molecule has 0 N–H and O–H groups in total. The molecule has 0 amide bonds. The summed E-state index contributed by atoms with van der Waals surface area (Å²) in [4.78, 5) is 13.3. The molecule has 4 aromatic heterocycles. The molecule has 4 heterocycles. The van der Waals surface area contributed by atoms with Crippen LogP contribution in [0.1, 0.15) is 30.5 Å². The molecule has 0 saturated heterocycles. The number of hydrogen-bond donors (Lipinski definition) is 0. The highest BCUT2D eigenvalue weighted by Gasteiger charge is 2.40. The minimum atomic E-state index is -0.140. The van der Waals surface area contributed by atoms with E-state index in [0.717, 1.165) is 77.5 Å². The molecule has 0 bridgehead atoms. The Morgan fingerprint density at radius 2 is 0.983 bits per heavy atom. The lowest BCUT2D eigenvalue weighted by atomic mass is 9.79. The van der Waals surface area contributed by atoms with Gasteiger partial charge in [0.25, 0.3) is 0 Å². The highest BCUT2D eigenvalue weighted by atomic mass is 32.1. The average Bonchev–Trinajstić information content (AvgIpc) is 4.02. The van der Waals surface area contributed by atoms with Crippen molar-refractivity contribution >= 4 is 55.2 Å². The number of thiophene rings is 1. The fourth-order valence-corrected chi connectivity index (χ4v) is 10.9. The highest BCUT2D eigenvalue weighted by Crippen LogP contribution is 2.59. The van der Waals surface area contributed by atoms with Crippen LogP contribution in [0, 0.1) is 6.92 Å². The quantitative estimate of drug-likeness (QED) is 0.175. The molecular formula is C54H36N2O2S. The first-order chi connectivity index (χ1) is 28.9. The largest absolute Gasteiger partial charge is 0.456 e. The Bertz CT molecular complexity index is 3480. The summed E-state index contributed by atoms with van der Waals surface area (Å²) in [5.41, 5.74) is 16.8. The van der Waals surface area contributed by atoms with Crippen LogP contribution in [0.4, 0.5) is 0 Å². The predicted octanol–water partition coefficient (Wildman–Crippen LogP) is 15.3. The highest BCUT2D eigenvalue weighted by molar-refractivity contribution is 7.20. The molecule has 59 heavy (non-hydrogen) atoms. The van der Waals surface area contributed by atoms with Crippen molar-refractivity contribution in [3.63, 3.8) is 0 Å². The molecule has 5 heteroatoms. The lowest BCUT2D eigenvalue weighted by molar-refractivity contribution is 0.663. The van der Waals surface area contributed by atoms with Gasteiger partial charge in [0.15, 0.2) is 5.82 Å². The second-order valence-electron chi connectivity index (χ2n) is 16.1. The Balaban J connectivity index is 1.03. The van der Waals surface area contributed by atoms with E-state index in [2.05, 4.69) is 154 Å². The summed E-state index contributed by atoms with van der Waals surface area (Å²) in [6, 6.07) is 57.8. The first kappa shape index (κ1) is 34.0. The summed E-state index contributed by atoms with van der Waals surface area (Å²) in [6.07, 6.45) is 0. The van der Waals surface area contributed by atoms with Gasteiger partial charge in [-0.1, -0.05) is 141 Å². The number of hydrogen-bond acceptors (Lipinski definition) is 5. The number of furan rings is 2. The fourth-order valence-electron chi connectivity index (χ4n) is 9.39. The zero-order valence-electron chi connectivity index (χ0n) is 32.7. The zero-order valence-corrected chi connectivity index (χ0v) is 33.5. The van der Waals surface area contributed by atoms with Gasteiger partial charge >= 0.3 is 0 Å². The topological polar surface area (TPSA) is 52.1 Å². The lowest BCUT2D eigenvalue weighted by Crippen LogP contribution is -2.15. The molecule has 0 radical (unpaired) electrons. The zero-order chi connectivity index (χ0) is 39.4. The Morgan fingerprint density at radius 3 is 1.68 bits per heavy atom. The molecule has 7 aromatic carbocycles. The Labute approximate surface area is 345 Å². The number of fused-ring (bicyclic) bond motifs is 9. The van der Waals surface area contributed by atoms with Gasteiger partial charge in [-0.2, -0.15) is 0 Å². The number of para-hydroxylation sites is 2. The van der Waals surface area contributed by atoms with E-state index >= 15 is 0 Å². The Kier molecular flexibility index (Phi) is 7.33. The van der Waals surface area contributed by atoms with E-state index in [9.17, 15) is 0 Å². The second-order valence-corrected chi connectivity index (χ2v) is 17.1. The average molecular weight is 777 g/mol. The molecule has 11 aromatic rings. The summed E-state index contributed by atoms with van der Waals surface area (Å²) in [5.74, 6) is 0.637. The van der Waals surface area contributed by atoms with E-state index in [0.29, 0.717) is 5.82 Å². The summed E-state index contributed by atoms with van der Waals surface area (Å²) in [6.45, 7) is 6.87. The van der Waals surface area contributed by atoms with E-state index in [1.807, 2.05) is 41.7 Å². The first-order valence-corrected chi connectivity index (χ1v) is 20.9. The summed E-state index contributed by atoms with van der Waals surface area (Å²) in [7, 11) is 0. The lowest BCUT2D eigenvalue weighted by Gasteiger charge is -2.23. The van der Waals surface area contributed by atoms with Crippen LogP contribution in [-0.2, 0) is 5.41 Å². The van der Waals surface area contributed by atoms with Gasteiger partial charge in [0.05, 0.1) is 11.4 Å². The van der Waals surface area contributed by atoms with Gasteiger partial charge in [0, 0.05) is 64.5 Å². The molecule has 1 aliphatic carbocycles. The molecule has 280 valence electrons. The van der Waals surface area contributed by atoms with Crippen LogP contribution in [0.5, 0.6) is 0 Å². The number of benzene rings is 7. The third-order valence-corrected chi connectivity index (χ3v) is 13.6. The van der Waals surface area contributed by atoms with E-state index in [1.54, 1.807) is 0 Å². The standard InChI is InChI=1S/C54H36N2O2S/c1-31-49(33-23-21-32(22-24-33)47-48-52(59-51(47)34-13-5-4-6-14-34)41-17-7-10-18-42(41)54(48,2)3)55-53(36-26-28-40-38-16-9-12-20-44(38)58-46(40)30-36)56-50(31)35-25-27-39-37-15-8-11-19-43(37)57-45(39)29-35/h4-30H,1-3H3. The Hall–Kier alpha value is -7.08. The van der Waals surface area contributed by atoms with Crippen molar-refractivity contribution in [1.29, 1.82) is 0 Å². The number of aromatic nitrogens is 2. The van der Waals surface area contributed by atoms with Gasteiger partial charge in [0.1, 0.15) is 22.3 Å². The van der Waals surface area contributed by atoms with Gasteiger partial charge < -0.3 is 8.83 Å². The van der Waals surface area contributed by atoms with Crippen molar-refractivity contribution in [3.05, 3.63) is 180 Å². The molecular weight excluding hydrogens is 741 g/mol. The smallest absolute Gasteiger partial charge is 0.160 e. The molecule has 0 saturated carbocycles. The van der Waals surface area contributed by atoms with E-state index in [-0.39, 0.29) is 5.41 Å². The van der Waals surface area contributed by atoms with Gasteiger partial charge in [0.2, 0.25) is 0 Å².